The molecule has 0 fully saturated rings. The monoisotopic (exact) mass is 710 g/mol. The average Bonchev–Trinajstić information content (AvgIpc) is 3.05. The van der Waals surface area contributed by atoms with Crippen LogP contribution in [0.1, 0.15) is 9.68 Å². The van der Waals surface area contributed by atoms with E-state index in [1.807, 2.05) is 78.9 Å². The van der Waals surface area contributed by atoms with Crippen molar-refractivity contribution in [1.29, 1.82) is 0 Å². The van der Waals surface area contributed by atoms with E-state index >= 15 is 0 Å². The molecular formula is C35H23BIrN2O2-2. The average molecular weight is 710 g/mol. The zero-order valence-electron chi connectivity index (χ0n) is 24.7. The van der Waals surface area contributed by atoms with Crippen LogP contribution in [0.2, 0.25) is 0 Å². The summed E-state index contributed by atoms with van der Waals surface area (Å²) < 4.78 is 35.8. The Bertz CT molecular complexity index is 1890. The molecular weight excluding hydrogens is 683 g/mol. The van der Waals surface area contributed by atoms with Crippen molar-refractivity contribution in [3.8, 4) is 45.5 Å². The number of hydrogen-bond acceptors (Lipinski definition) is 4. The normalized spacial score (nSPS) is 13.1. The number of ether oxygens (including phenoxy) is 2. The largest absolute Gasteiger partial charge is 0.503 e. The Labute approximate surface area is 257 Å². The van der Waals surface area contributed by atoms with Crippen LogP contribution >= 0.6 is 0 Å². The molecule has 199 valence electrons. The van der Waals surface area contributed by atoms with E-state index in [4.69, 9.17) is 13.6 Å². The fourth-order valence-corrected chi connectivity index (χ4v) is 5.15. The van der Waals surface area contributed by atoms with E-state index in [-0.39, 0.29) is 32.4 Å². The van der Waals surface area contributed by atoms with Gasteiger partial charge < -0.3 is 19.4 Å². The maximum absolute atomic E-state index is 7.75. The van der Waals surface area contributed by atoms with E-state index < -0.39 is 6.85 Å². The van der Waals surface area contributed by atoms with Crippen molar-refractivity contribution in [3.63, 3.8) is 0 Å². The van der Waals surface area contributed by atoms with Crippen LogP contribution in [-0.4, -0.2) is 16.7 Å². The van der Waals surface area contributed by atoms with Crippen LogP contribution in [0, 0.1) is 19.0 Å². The Kier molecular flexibility index (Phi) is 6.54. The third kappa shape index (κ3) is 5.08. The molecule has 0 amide bonds. The number of nitrogens with zero attached hydrogens (tertiary/aromatic N) is 2. The summed E-state index contributed by atoms with van der Waals surface area (Å²) in [4.78, 5) is 8.65. The minimum atomic E-state index is -2.22. The Morgan fingerprint density at radius 1 is 0.707 bits per heavy atom. The number of aryl methyl sites for hydroxylation is 1. The van der Waals surface area contributed by atoms with E-state index in [1.54, 1.807) is 18.3 Å². The molecule has 2 aliphatic heterocycles. The minimum absolute atomic E-state index is 0. The molecule has 0 atom stereocenters. The van der Waals surface area contributed by atoms with Crippen LogP contribution in [0.4, 0.5) is 0 Å². The van der Waals surface area contributed by atoms with E-state index in [1.165, 1.54) is 12.3 Å². The Morgan fingerprint density at radius 3 is 2.17 bits per heavy atom. The molecule has 2 aromatic heterocycles. The van der Waals surface area contributed by atoms with Gasteiger partial charge in [0, 0.05) is 48.1 Å². The second-order valence-electron chi connectivity index (χ2n) is 9.40. The van der Waals surface area contributed by atoms with Gasteiger partial charge in [-0.1, -0.05) is 71.2 Å². The SMILES string of the molecule is [2H]C([2H])([2H])c1ccnc(-c2[c-]cc3c4c2Oc2ccccc2B4c2ccccc2O3)c1.[Ir].[c-]1ccccc1-c1ccccn1. The molecule has 4 heterocycles. The topological polar surface area (TPSA) is 44.2 Å². The summed E-state index contributed by atoms with van der Waals surface area (Å²) in [6.45, 7) is -2.28. The van der Waals surface area contributed by atoms with Crippen LogP contribution < -0.4 is 25.9 Å². The van der Waals surface area contributed by atoms with Gasteiger partial charge in [0.05, 0.1) is 0 Å². The zero-order valence-corrected chi connectivity index (χ0v) is 24.1. The van der Waals surface area contributed by atoms with Gasteiger partial charge in [0.15, 0.2) is 0 Å². The van der Waals surface area contributed by atoms with Gasteiger partial charge >= 0.3 is 0 Å². The molecule has 8 rings (SSSR count). The third-order valence-corrected chi connectivity index (χ3v) is 6.93. The quantitative estimate of drug-likeness (QED) is 0.160. The molecule has 4 aromatic carbocycles. The molecule has 0 saturated heterocycles. The summed E-state index contributed by atoms with van der Waals surface area (Å²) in [7, 11) is 0. The fourth-order valence-electron chi connectivity index (χ4n) is 5.15. The number of hydrogen-bond donors (Lipinski definition) is 0. The molecule has 0 unspecified atom stereocenters. The molecule has 4 nitrogen and oxygen atoms in total. The van der Waals surface area contributed by atoms with Crippen LogP contribution in [0.15, 0.2) is 122 Å². The van der Waals surface area contributed by atoms with Gasteiger partial charge in [-0.3, -0.25) is 0 Å². The van der Waals surface area contributed by atoms with Crippen molar-refractivity contribution < 1.29 is 33.7 Å². The predicted molar refractivity (Wildman–Crippen MR) is 159 cm³/mol. The van der Waals surface area contributed by atoms with E-state index in [2.05, 4.69) is 34.2 Å². The molecule has 2 aliphatic rings. The molecule has 0 saturated carbocycles. The van der Waals surface area contributed by atoms with Gasteiger partial charge in [0.2, 0.25) is 6.71 Å². The van der Waals surface area contributed by atoms with Gasteiger partial charge in [0.25, 0.3) is 0 Å². The van der Waals surface area contributed by atoms with Gasteiger partial charge in [-0.05, 0) is 53.4 Å². The van der Waals surface area contributed by atoms with Gasteiger partial charge in [0.1, 0.15) is 11.5 Å². The standard InChI is InChI=1S/C24H15BNO2.C11H8N.Ir/c1-15-12-13-26-19(14-15)16-10-11-22-23-24(16)28-21-9-5-3-7-18(21)25(23)17-6-2-4-8-20(17)27-22;1-2-6-10(7-3-1)11-8-4-5-9-12-11;/h2-9,11-14H,1H3;1-6,8-9H;/q2*-1;/i1D3;;. The molecule has 6 aromatic rings. The minimum Gasteiger partial charge on any atom is -0.503 e. The molecule has 0 N–H and O–H groups in total. The van der Waals surface area contributed by atoms with Crippen molar-refractivity contribution in [3.05, 3.63) is 139 Å². The summed E-state index contributed by atoms with van der Waals surface area (Å²) in [6.07, 6.45) is 3.30. The maximum atomic E-state index is 7.75. The van der Waals surface area contributed by atoms with Crippen LogP contribution in [-0.2, 0) is 20.1 Å². The molecule has 6 heteroatoms. The zero-order chi connectivity index (χ0) is 29.4. The molecule has 0 bridgehead atoms. The van der Waals surface area contributed by atoms with Gasteiger partial charge in [-0.2, -0.15) is 0 Å². The van der Waals surface area contributed by atoms with Crippen LogP contribution in [0.25, 0.3) is 22.5 Å². The summed E-state index contributed by atoms with van der Waals surface area (Å²) in [5.74, 6) is 2.86. The van der Waals surface area contributed by atoms with Gasteiger partial charge in [-0.15, -0.1) is 48.0 Å². The van der Waals surface area contributed by atoms with E-state index in [0.717, 1.165) is 39.1 Å². The van der Waals surface area contributed by atoms with Crippen molar-refractivity contribution in [1.82, 2.24) is 9.97 Å². The first-order valence-corrected chi connectivity index (χ1v) is 12.9. The smallest absolute Gasteiger partial charge is 0.239 e. The Morgan fingerprint density at radius 2 is 1.44 bits per heavy atom. The first kappa shape index (κ1) is 23.2. The number of fused-ring (bicyclic) bond motifs is 4. The van der Waals surface area contributed by atoms with Crippen molar-refractivity contribution in [2.45, 2.75) is 6.85 Å². The predicted octanol–water partition coefficient (Wildman–Crippen LogP) is 6.13. The molecule has 0 spiro atoms. The Balaban J connectivity index is 0.000000222. The number of benzene rings is 4. The molecule has 41 heavy (non-hydrogen) atoms. The van der Waals surface area contributed by atoms with Crippen LogP contribution in [0.3, 0.4) is 0 Å². The first-order chi connectivity index (χ1) is 21.0. The molecule has 1 radical (unpaired) electrons. The van der Waals surface area contributed by atoms with Crippen LogP contribution in [0.5, 0.6) is 23.0 Å². The number of rotatable bonds is 2. The number of pyridine rings is 2. The van der Waals surface area contributed by atoms with E-state index in [0.29, 0.717) is 22.8 Å². The fraction of sp³-hybridized carbons (Fsp3) is 0.0286. The summed E-state index contributed by atoms with van der Waals surface area (Å²) >= 11 is 0. The summed E-state index contributed by atoms with van der Waals surface area (Å²) in [5.41, 5.74) is 6.39. The maximum Gasteiger partial charge on any atom is 0.239 e. The summed E-state index contributed by atoms with van der Waals surface area (Å²) in [6, 6.07) is 40.9. The third-order valence-electron chi connectivity index (χ3n) is 6.93. The number of aromatic nitrogens is 2. The Hall–Kier alpha value is -4.51. The van der Waals surface area contributed by atoms with Gasteiger partial charge in [-0.25, -0.2) is 0 Å². The second-order valence-corrected chi connectivity index (χ2v) is 9.40. The van der Waals surface area contributed by atoms with Crippen molar-refractivity contribution in [2.75, 3.05) is 0 Å². The first-order valence-electron chi connectivity index (χ1n) is 14.4. The summed E-state index contributed by atoms with van der Waals surface area (Å²) in [5, 5.41) is 0. The van der Waals surface area contributed by atoms with E-state index in [9.17, 15) is 0 Å². The second kappa shape index (κ2) is 11.5. The number of para-hydroxylation sites is 2. The molecule has 0 aliphatic carbocycles. The van der Waals surface area contributed by atoms with Crippen molar-refractivity contribution >= 4 is 23.1 Å². The van der Waals surface area contributed by atoms with Crippen molar-refractivity contribution in [2.24, 2.45) is 0 Å².